The average Bonchev–Trinajstić information content (AvgIpc) is 3.94. The molecule has 0 atom stereocenters. The third kappa shape index (κ3) is 6.30. The first-order valence-electron chi connectivity index (χ1n) is 20.3. The summed E-state index contributed by atoms with van der Waals surface area (Å²) in [6, 6.07) is 50.7. The Balaban J connectivity index is 1.67. The van der Waals surface area contributed by atoms with Gasteiger partial charge in [-0.15, -0.1) is 0 Å². The molecule has 5 aromatic rings. The molecule has 0 spiro atoms. The molecule has 8 rings (SSSR count). The third-order valence-electron chi connectivity index (χ3n) is 13.5. The van der Waals surface area contributed by atoms with Crippen LogP contribution in [0.2, 0.25) is 3.63 Å². The first kappa shape index (κ1) is 36.3. The van der Waals surface area contributed by atoms with Crippen LogP contribution in [0.1, 0.15) is 110 Å². The molecule has 0 amide bonds. The maximum atomic E-state index is 2.69. The SMILES string of the molecule is CC(C)(C)c1ccc2c(c1)[CH]([Zr]([CH2]c1ccccc1)([CH2]c1ccccc1)(=[C](c1ccccc1)C1CCCC1)[CH]1C=CC=C1)c1cc(C(C)(C)C)ccc1-2. The van der Waals surface area contributed by atoms with E-state index < -0.39 is 18.3 Å². The van der Waals surface area contributed by atoms with E-state index in [0.29, 0.717) is 13.2 Å². The predicted octanol–water partition coefficient (Wildman–Crippen LogP) is 13.8. The number of fused-ring (bicyclic) bond motifs is 3. The zero-order valence-corrected chi connectivity index (χ0v) is 35.4. The molecule has 3 aliphatic rings. The van der Waals surface area contributed by atoms with Crippen LogP contribution >= 0.6 is 0 Å². The molecule has 270 valence electrons. The van der Waals surface area contributed by atoms with Crippen LogP contribution in [-0.4, -0.2) is 3.21 Å². The molecule has 5 aromatic carbocycles. The minimum atomic E-state index is -4.91. The van der Waals surface area contributed by atoms with Crippen molar-refractivity contribution in [1.82, 2.24) is 0 Å². The van der Waals surface area contributed by atoms with Gasteiger partial charge in [0.25, 0.3) is 0 Å². The molecule has 0 bridgehead atoms. The molecule has 0 radical (unpaired) electrons. The van der Waals surface area contributed by atoms with Crippen molar-refractivity contribution in [1.29, 1.82) is 0 Å². The predicted molar refractivity (Wildman–Crippen MR) is 226 cm³/mol. The Bertz CT molecular complexity index is 2110. The maximum absolute atomic E-state index is 4.91. The zero-order chi connectivity index (χ0) is 36.9. The molecule has 0 unspecified atom stereocenters. The van der Waals surface area contributed by atoms with Gasteiger partial charge in [-0.3, -0.25) is 0 Å². The normalized spacial score (nSPS) is 16.7. The second-order valence-electron chi connectivity index (χ2n) is 18.8. The van der Waals surface area contributed by atoms with Crippen LogP contribution in [-0.2, 0) is 37.4 Å². The molecule has 3 aliphatic carbocycles. The van der Waals surface area contributed by atoms with Gasteiger partial charge in [-0.2, -0.15) is 0 Å². The van der Waals surface area contributed by atoms with E-state index >= 15 is 0 Å². The second kappa shape index (κ2) is 13.9. The Morgan fingerprint density at radius 1 is 0.547 bits per heavy atom. The van der Waals surface area contributed by atoms with Gasteiger partial charge < -0.3 is 0 Å². The summed E-state index contributed by atoms with van der Waals surface area (Å²) in [6.07, 6.45) is 15.4. The van der Waals surface area contributed by atoms with E-state index in [4.69, 9.17) is 0 Å². The van der Waals surface area contributed by atoms with Gasteiger partial charge in [0.05, 0.1) is 0 Å². The van der Waals surface area contributed by atoms with Crippen molar-refractivity contribution < 1.29 is 18.3 Å². The summed E-state index contributed by atoms with van der Waals surface area (Å²) in [5.74, 6) is 0.571. The van der Waals surface area contributed by atoms with Crippen LogP contribution in [0.4, 0.5) is 0 Å². The molecule has 0 aromatic heterocycles. The Labute approximate surface area is 320 Å². The Kier molecular flexibility index (Phi) is 9.51. The molecule has 1 heteroatoms. The van der Waals surface area contributed by atoms with E-state index in [1.54, 1.807) is 11.1 Å². The van der Waals surface area contributed by atoms with Gasteiger partial charge >= 0.3 is 323 Å². The van der Waals surface area contributed by atoms with E-state index in [9.17, 15) is 0 Å². The van der Waals surface area contributed by atoms with Crippen LogP contribution in [0.3, 0.4) is 0 Å². The quantitative estimate of drug-likeness (QED) is 0.147. The van der Waals surface area contributed by atoms with E-state index in [0.717, 1.165) is 8.26 Å². The molecule has 0 aliphatic heterocycles. The third-order valence-corrected chi connectivity index (χ3v) is 34.8. The second-order valence-corrected chi connectivity index (χ2v) is 34.1. The molecule has 0 heterocycles. The summed E-state index contributed by atoms with van der Waals surface area (Å²) in [6.45, 7) is 14.4. The first-order valence-corrected chi connectivity index (χ1v) is 27.8. The van der Waals surface area contributed by atoms with E-state index in [1.165, 1.54) is 64.6 Å². The van der Waals surface area contributed by atoms with Crippen molar-refractivity contribution >= 4 is 3.21 Å². The molecular weight excluding hydrogens is 716 g/mol. The number of hydrogen-bond acceptors (Lipinski definition) is 0. The van der Waals surface area contributed by atoms with Gasteiger partial charge in [0.15, 0.2) is 0 Å². The fraction of sp³-hybridized carbons (Fsp3) is 0.327. The summed E-state index contributed by atoms with van der Waals surface area (Å²) in [5.41, 5.74) is 13.6. The monoisotopic (exact) mass is 772 g/mol. The van der Waals surface area contributed by atoms with E-state index in [-0.39, 0.29) is 10.8 Å². The summed E-state index contributed by atoms with van der Waals surface area (Å²) < 4.78 is 4.83. The van der Waals surface area contributed by atoms with Gasteiger partial charge in [-0.1, -0.05) is 0 Å². The summed E-state index contributed by atoms with van der Waals surface area (Å²) in [5, 5.41) is 0. The molecule has 0 nitrogen and oxygen atoms in total. The molecule has 1 fully saturated rings. The van der Waals surface area contributed by atoms with Gasteiger partial charge in [0, 0.05) is 0 Å². The standard InChI is InChI=1S/C21H25.C12H14.2C7H7.C5H5.Zr/c1-20(2,3)16-7-9-18-14(12-16)11-15-13-17(21(4,5)6)8-10-19(15)18;1-2-6-11(7-3-1)10-12-8-4-5-9-12;2*1-7-5-3-2-4-6-7;1-2-4-5-3-1;/h7-13H,1-6H3;1-3,6-7,12H,4-5,8-9H2;2*2-6H,1H2;1-5H;. The van der Waals surface area contributed by atoms with Crippen LogP contribution in [0.15, 0.2) is 152 Å². The fourth-order valence-corrected chi connectivity index (χ4v) is 36.5. The number of rotatable bonds is 8. The number of hydrogen-bond donors (Lipinski definition) is 0. The molecule has 1 saturated carbocycles. The van der Waals surface area contributed by atoms with Crippen LogP contribution in [0.5, 0.6) is 0 Å². The van der Waals surface area contributed by atoms with Crippen molar-refractivity contribution in [2.24, 2.45) is 5.92 Å². The Morgan fingerprint density at radius 3 is 1.42 bits per heavy atom. The van der Waals surface area contributed by atoms with Crippen LogP contribution < -0.4 is 0 Å². The van der Waals surface area contributed by atoms with Gasteiger partial charge in [-0.25, -0.2) is 0 Å². The average molecular weight is 774 g/mol. The summed E-state index contributed by atoms with van der Waals surface area (Å²) in [7, 11) is 0. The molecule has 0 saturated heterocycles. The number of allylic oxidation sites excluding steroid dienone is 4. The van der Waals surface area contributed by atoms with Crippen molar-refractivity contribution in [3.63, 3.8) is 0 Å². The van der Waals surface area contributed by atoms with Gasteiger partial charge in [-0.05, 0) is 0 Å². The summed E-state index contributed by atoms with van der Waals surface area (Å²) in [4.78, 5) is 0. The van der Waals surface area contributed by atoms with Crippen LogP contribution in [0, 0.1) is 5.92 Å². The van der Waals surface area contributed by atoms with Crippen molar-refractivity contribution in [3.05, 3.63) is 191 Å². The molecular formula is C52H58Zr. The van der Waals surface area contributed by atoms with E-state index in [2.05, 4.69) is 193 Å². The van der Waals surface area contributed by atoms with Crippen molar-refractivity contribution in [2.75, 3.05) is 0 Å². The zero-order valence-electron chi connectivity index (χ0n) is 32.9. The summed E-state index contributed by atoms with van der Waals surface area (Å²) >= 11 is -4.91. The Hall–Kier alpha value is -3.67. The van der Waals surface area contributed by atoms with Gasteiger partial charge in [0.2, 0.25) is 0 Å². The first-order chi connectivity index (χ1) is 25.5. The Morgan fingerprint density at radius 2 is 0.981 bits per heavy atom. The van der Waals surface area contributed by atoms with Crippen LogP contribution in [0.25, 0.3) is 11.1 Å². The van der Waals surface area contributed by atoms with E-state index in [1.807, 2.05) is 3.21 Å². The number of benzene rings is 5. The van der Waals surface area contributed by atoms with Crippen molar-refractivity contribution in [3.8, 4) is 11.1 Å². The topological polar surface area (TPSA) is 0 Å². The van der Waals surface area contributed by atoms with Crippen molar-refractivity contribution in [2.45, 2.75) is 93.6 Å². The van der Waals surface area contributed by atoms with Gasteiger partial charge in [0.1, 0.15) is 0 Å². The minimum absolute atomic E-state index is 0.0414. The fourth-order valence-electron chi connectivity index (χ4n) is 11.2. The molecule has 0 N–H and O–H groups in total. The molecule has 53 heavy (non-hydrogen) atoms.